The lowest BCUT2D eigenvalue weighted by Crippen LogP contribution is -2.63. The van der Waals surface area contributed by atoms with Crippen molar-refractivity contribution in [1.82, 2.24) is 15.1 Å². The molecule has 2 aliphatic rings. The highest BCUT2D eigenvalue weighted by Crippen LogP contribution is 2.36. The van der Waals surface area contributed by atoms with Gasteiger partial charge in [0.1, 0.15) is 5.54 Å². The first-order valence-corrected chi connectivity index (χ1v) is 10.5. The lowest BCUT2D eigenvalue weighted by atomic mass is 9.90. The monoisotopic (exact) mass is 489 g/mol. The van der Waals surface area contributed by atoms with Crippen LogP contribution in [0, 0.1) is 0 Å². The third kappa shape index (κ3) is 5.07. The number of carbonyl (C=O) groups excluding carboxylic acids is 1. The van der Waals surface area contributed by atoms with Gasteiger partial charge in [-0.25, -0.2) is 0 Å². The molecule has 30 heavy (non-hydrogen) atoms. The molecule has 1 aliphatic heterocycles. The number of hydrogen-bond acceptors (Lipinski definition) is 3. The highest BCUT2D eigenvalue weighted by molar-refractivity contribution is 6.34. The fourth-order valence-electron chi connectivity index (χ4n) is 4.60. The van der Waals surface area contributed by atoms with E-state index in [1.807, 2.05) is 24.1 Å². The number of likely N-dealkylation sites (N-methyl/N-ethyl adjacent to an activating group) is 1. The molecule has 1 heterocycles. The smallest absolute Gasteiger partial charge is 0.243 e. The summed E-state index contributed by atoms with van der Waals surface area (Å²) in [6, 6.07) is 13.9. The van der Waals surface area contributed by atoms with Crippen LogP contribution in [0.5, 0.6) is 0 Å². The molecule has 4 rings (SSSR count). The summed E-state index contributed by atoms with van der Waals surface area (Å²) in [6.45, 7) is 4.09. The number of hydrogen-bond donors (Lipinski definition) is 1. The van der Waals surface area contributed by atoms with Crippen molar-refractivity contribution in [1.29, 1.82) is 0 Å². The van der Waals surface area contributed by atoms with E-state index >= 15 is 0 Å². The molecule has 2 aromatic rings. The normalized spacial score (nSPS) is 17.4. The summed E-state index contributed by atoms with van der Waals surface area (Å²) in [5.41, 5.74) is 3.00. The fraction of sp³-hybridized carbons (Fsp3) is 0.409. The van der Waals surface area contributed by atoms with Gasteiger partial charge in [0.05, 0.1) is 0 Å². The molecule has 1 aliphatic carbocycles. The Morgan fingerprint density at radius 2 is 1.57 bits per heavy atom. The molecular weight excluding hydrogens is 464 g/mol. The van der Waals surface area contributed by atoms with Crippen LogP contribution < -0.4 is 5.32 Å². The van der Waals surface area contributed by atoms with Crippen LogP contribution in [0.2, 0.25) is 10.0 Å². The topological polar surface area (TPSA) is 35.6 Å². The molecule has 0 bridgehead atoms. The van der Waals surface area contributed by atoms with Gasteiger partial charge in [-0.05, 0) is 34.9 Å². The van der Waals surface area contributed by atoms with Crippen molar-refractivity contribution in [3.63, 3.8) is 0 Å². The molecule has 164 valence electrons. The van der Waals surface area contributed by atoms with Crippen LogP contribution in [0.1, 0.15) is 16.7 Å². The Kier molecular flexibility index (Phi) is 8.87. The second kappa shape index (κ2) is 10.5. The highest BCUT2D eigenvalue weighted by Gasteiger charge is 2.49. The first-order chi connectivity index (χ1) is 13.5. The van der Waals surface area contributed by atoms with Gasteiger partial charge in [-0.2, -0.15) is 0 Å². The highest BCUT2D eigenvalue weighted by atomic mass is 35.5. The molecule has 0 aromatic heterocycles. The minimum Gasteiger partial charge on any atom is -0.340 e. The maximum Gasteiger partial charge on any atom is 0.243 e. The Morgan fingerprint density at radius 1 is 1.03 bits per heavy atom. The zero-order valence-electron chi connectivity index (χ0n) is 16.9. The Balaban J connectivity index is 0.00000160. The van der Waals surface area contributed by atoms with Crippen LogP contribution in [0.4, 0.5) is 0 Å². The minimum atomic E-state index is -0.511. The summed E-state index contributed by atoms with van der Waals surface area (Å²) in [4.78, 5) is 18.0. The van der Waals surface area contributed by atoms with Crippen LogP contribution in [0.15, 0.2) is 42.5 Å². The fourth-order valence-corrected chi connectivity index (χ4v) is 5.17. The van der Waals surface area contributed by atoms with E-state index in [2.05, 4.69) is 34.5 Å². The lowest BCUT2D eigenvalue weighted by Gasteiger charge is -2.44. The molecule has 0 unspecified atom stereocenters. The van der Waals surface area contributed by atoms with Crippen molar-refractivity contribution < 1.29 is 4.79 Å². The minimum absolute atomic E-state index is 0. The first-order valence-electron chi connectivity index (χ1n) is 9.71. The van der Waals surface area contributed by atoms with Crippen molar-refractivity contribution in [2.45, 2.75) is 24.9 Å². The van der Waals surface area contributed by atoms with E-state index in [9.17, 15) is 4.79 Å². The number of halogens is 4. The van der Waals surface area contributed by atoms with Gasteiger partial charge in [0.25, 0.3) is 0 Å². The van der Waals surface area contributed by atoms with E-state index in [1.165, 1.54) is 11.1 Å². The first kappa shape index (κ1) is 25.3. The van der Waals surface area contributed by atoms with E-state index in [0.717, 1.165) is 44.6 Å². The zero-order valence-corrected chi connectivity index (χ0v) is 20.0. The molecule has 1 amide bonds. The molecule has 0 saturated carbocycles. The van der Waals surface area contributed by atoms with Gasteiger partial charge >= 0.3 is 0 Å². The van der Waals surface area contributed by atoms with Gasteiger partial charge in [-0.15, -0.1) is 24.8 Å². The van der Waals surface area contributed by atoms with Crippen LogP contribution in [-0.2, 0) is 24.2 Å². The van der Waals surface area contributed by atoms with E-state index in [-0.39, 0.29) is 30.7 Å². The Labute approximate surface area is 200 Å². The van der Waals surface area contributed by atoms with Crippen LogP contribution in [0.3, 0.4) is 0 Å². The second-order valence-electron chi connectivity index (χ2n) is 7.83. The predicted molar refractivity (Wildman–Crippen MR) is 128 cm³/mol. The molecule has 0 atom stereocenters. The summed E-state index contributed by atoms with van der Waals surface area (Å²) in [6.07, 6.45) is 1.53. The third-order valence-electron chi connectivity index (χ3n) is 5.89. The lowest BCUT2D eigenvalue weighted by molar-refractivity contribution is -0.144. The molecular formula is C22H27Cl4N3O. The predicted octanol–water partition coefficient (Wildman–Crippen LogP) is 4.24. The number of piperazine rings is 1. The second-order valence-corrected chi connectivity index (χ2v) is 8.70. The summed E-state index contributed by atoms with van der Waals surface area (Å²) in [7, 11) is 1.88. The average molecular weight is 491 g/mol. The summed E-state index contributed by atoms with van der Waals surface area (Å²) >= 11 is 12.3. The number of fused-ring (bicyclic) bond motifs is 1. The Bertz CT molecular complexity index is 841. The maximum atomic E-state index is 13.8. The van der Waals surface area contributed by atoms with E-state index < -0.39 is 5.54 Å². The standard InChI is InChI=1S/C22H25Cl2N3O.2ClH/c1-26(15-16-10-19(23)12-20(24)11-16)21(28)22(27-8-6-25-7-9-27)13-17-4-2-3-5-18(17)14-22;;/h2-5,10-12,25H,6-9,13-15H2,1H3;2*1H. The molecule has 0 spiro atoms. The summed E-state index contributed by atoms with van der Waals surface area (Å²) < 4.78 is 0. The summed E-state index contributed by atoms with van der Waals surface area (Å²) in [5.74, 6) is 0.168. The molecule has 2 aromatic carbocycles. The zero-order chi connectivity index (χ0) is 19.7. The largest absolute Gasteiger partial charge is 0.340 e. The van der Waals surface area contributed by atoms with Gasteiger partial charge in [0.2, 0.25) is 5.91 Å². The molecule has 4 nitrogen and oxygen atoms in total. The SMILES string of the molecule is CN(Cc1cc(Cl)cc(Cl)c1)C(=O)C1(N2CCNCC2)Cc2ccccc2C1.Cl.Cl. The van der Waals surface area contributed by atoms with E-state index in [1.54, 1.807) is 6.07 Å². The number of amides is 1. The van der Waals surface area contributed by atoms with Gasteiger partial charge in [-0.1, -0.05) is 47.5 Å². The van der Waals surface area contributed by atoms with Gasteiger partial charge in [0.15, 0.2) is 0 Å². The average Bonchev–Trinajstić information content (AvgIpc) is 3.08. The molecule has 8 heteroatoms. The number of nitrogens with one attached hydrogen (secondary N) is 1. The van der Waals surface area contributed by atoms with Gasteiger partial charge < -0.3 is 10.2 Å². The quantitative estimate of drug-likeness (QED) is 0.696. The third-order valence-corrected chi connectivity index (χ3v) is 6.33. The van der Waals surface area contributed by atoms with Crippen molar-refractivity contribution in [3.05, 3.63) is 69.2 Å². The van der Waals surface area contributed by atoms with Gasteiger partial charge in [0, 0.05) is 62.7 Å². The molecule has 1 fully saturated rings. The van der Waals surface area contributed by atoms with Crippen LogP contribution in [0.25, 0.3) is 0 Å². The number of nitrogens with zero attached hydrogens (tertiary/aromatic N) is 2. The number of benzene rings is 2. The van der Waals surface area contributed by atoms with Crippen molar-refractivity contribution in [3.8, 4) is 0 Å². The van der Waals surface area contributed by atoms with E-state index in [4.69, 9.17) is 23.2 Å². The molecule has 1 N–H and O–H groups in total. The molecule has 0 radical (unpaired) electrons. The maximum absolute atomic E-state index is 13.8. The Hall–Kier alpha value is -1.01. The van der Waals surface area contributed by atoms with Crippen molar-refractivity contribution in [2.75, 3.05) is 33.2 Å². The van der Waals surface area contributed by atoms with Crippen molar-refractivity contribution >= 4 is 53.9 Å². The summed E-state index contributed by atoms with van der Waals surface area (Å²) in [5, 5.41) is 4.58. The van der Waals surface area contributed by atoms with Gasteiger partial charge in [-0.3, -0.25) is 9.69 Å². The number of carbonyl (C=O) groups is 1. The number of rotatable bonds is 4. The van der Waals surface area contributed by atoms with Crippen LogP contribution >= 0.6 is 48.0 Å². The molecule has 1 saturated heterocycles. The van der Waals surface area contributed by atoms with Crippen molar-refractivity contribution in [2.24, 2.45) is 0 Å². The van der Waals surface area contributed by atoms with E-state index in [0.29, 0.717) is 16.6 Å². The Morgan fingerprint density at radius 3 is 2.10 bits per heavy atom. The van der Waals surface area contributed by atoms with Crippen LogP contribution in [-0.4, -0.2) is 54.5 Å².